The first-order valence-electron chi connectivity index (χ1n) is 8.43. The van der Waals surface area contributed by atoms with Gasteiger partial charge >= 0.3 is 5.97 Å². The molecule has 2 aromatic carbocycles. The van der Waals surface area contributed by atoms with Crippen LogP contribution in [0.1, 0.15) is 20.7 Å². The largest absolute Gasteiger partial charge is 0.478 e. The van der Waals surface area contributed by atoms with Crippen molar-refractivity contribution in [3.05, 3.63) is 59.7 Å². The Bertz CT molecular complexity index is 798. The summed E-state index contributed by atoms with van der Waals surface area (Å²) in [5.41, 5.74) is 1.84. The summed E-state index contributed by atoms with van der Waals surface area (Å²) in [6.45, 7) is 2.08. The van der Waals surface area contributed by atoms with Crippen LogP contribution in [0.15, 0.2) is 48.5 Å². The van der Waals surface area contributed by atoms with Gasteiger partial charge in [-0.05, 0) is 23.3 Å². The van der Waals surface area contributed by atoms with Crippen molar-refractivity contribution >= 4 is 11.9 Å². The van der Waals surface area contributed by atoms with Crippen LogP contribution in [0, 0.1) is 0 Å². The number of hydrogen-bond donors (Lipinski definition) is 1. The normalized spacial score (nSPS) is 14.1. The highest BCUT2D eigenvalue weighted by Crippen LogP contribution is 2.29. The van der Waals surface area contributed by atoms with Crippen LogP contribution in [0.3, 0.4) is 0 Å². The van der Waals surface area contributed by atoms with Crippen molar-refractivity contribution in [1.82, 2.24) is 4.90 Å². The zero-order valence-corrected chi connectivity index (χ0v) is 14.6. The molecule has 1 N–H and O–H groups in total. The molecule has 1 heterocycles. The van der Waals surface area contributed by atoms with Gasteiger partial charge in [0.2, 0.25) is 0 Å². The zero-order chi connectivity index (χ0) is 18.5. The monoisotopic (exact) mass is 355 g/mol. The number of carboxylic acid groups (broad SMARTS) is 1. The van der Waals surface area contributed by atoms with Gasteiger partial charge < -0.3 is 19.5 Å². The number of hydrogen-bond acceptors (Lipinski definition) is 4. The van der Waals surface area contributed by atoms with Crippen molar-refractivity contribution in [3.8, 4) is 11.1 Å². The number of carboxylic acids is 1. The lowest BCUT2D eigenvalue weighted by molar-refractivity contribution is -0.0554. The number of rotatable bonds is 7. The highest BCUT2D eigenvalue weighted by atomic mass is 16.5. The molecule has 0 saturated carbocycles. The fourth-order valence-electron chi connectivity index (χ4n) is 2.99. The van der Waals surface area contributed by atoms with E-state index < -0.39 is 5.97 Å². The van der Waals surface area contributed by atoms with Gasteiger partial charge in [0.1, 0.15) is 0 Å². The Labute approximate surface area is 152 Å². The maximum atomic E-state index is 12.9. The third-order valence-electron chi connectivity index (χ3n) is 4.38. The number of nitrogens with zero attached hydrogens (tertiary/aromatic N) is 1. The average molecular weight is 355 g/mol. The van der Waals surface area contributed by atoms with E-state index in [-0.39, 0.29) is 17.6 Å². The van der Waals surface area contributed by atoms with E-state index >= 15 is 0 Å². The smallest absolute Gasteiger partial charge is 0.336 e. The second-order valence-corrected chi connectivity index (χ2v) is 6.09. The molecule has 1 aliphatic rings. The van der Waals surface area contributed by atoms with Gasteiger partial charge in [-0.3, -0.25) is 4.79 Å². The summed E-state index contributed by atoms with van der Waals surface area (Å²) in [5.74, 6) is -1.13. The molecule has 136 valence electrons. The summed E-state index contributed by atoms with van der Waals surface area (Å²) in [5, 5.41) is 9.44. The predicted molar refractivity (Wildman–Crippen MR) is 96.4 cm³/mol. The molecule has 1 aliphatic heterocycles. The number of likely N-dealkylation sites (tertiary alicyclic amines) is 1. The number of benzene rings is 2. The van der Waals surface area contributed by atoms with Gasteiger partial charge in [-0.15, -0.1) is 0 Å². The van der Waals surface area contributed by atoms with E-state index in [1.807, 2.05) is 0 Å². The zero-order valence-electron chi connectivity index (χ0n) is 14.6. The molecule has 6 heteroatoms. The molecule has 0 atom stereocenters. The molecule has 2 aromatic rings. The molecule has 1 fully saturated rings. The quantitative estimate of drug-likeness (QED) is 0.773. The first-order valence-corrected chi connectivity index (χ1v) is 8.43. The molecule has 0 aliphatic carbocycles. The number of carbonyl (C=O) groups is 2. The van der Waals surface area contributed by atoms with Gasteiger partial charge in [0.25, 0.3) is 5.91 Å². The van der Waals surface area contributed by atoms with Crippen molar-refractivity contribution in [2.45, 2.75) is 6.10 Å². The van der Waals surface area contributed by atoms with E-state index in [0.717, 1.165) is 0 Å². The van der Waals surface area contributed by atoms with Gasteiger partial charge in [-0.25, -0.2) is 4.79 Å². The maximum Gasteiger partial charge on any atom is 0.336 e. The lowest BCUT2D eigenvalue weighted by Crippen LogP contribution is -2.55. The Morgan fingerprint density at radius 3 is 2.19 bits per heavy atom. The number of ether oxygens (including phenoxy) is 2. The second-order valence-electron chi connectivity index (χ2n) is 6.09. The SMILES string of the molecule is COCCOC1CN(C(=O)c2ccccc2-c2ccccc2C(=O)O)C1. The van der Waals surface area contributed by atoms with Crippen molar-refractivity contribution in [3.63, 3.8) is 0 Å². The van der Waals surface area contributed by atoms with Crippen LogP contribution in [-0.4, -0.2) is 61.4 Å². The molecule has 6 nitrogen and oxygen atoms in total. The summed E-state index contributed by atoms with van der Waals surface area (Å²) in [7, 11) is 1.62. The van der Waals surface area contributed by atoms with E-state index in [1.165, 1.54) is 0 Å². The van der Waals surface area contributed by atoms with Gasteiger partial charge in [-0.2, -0.15) is 0 Å². The van der Waals surface area contributed by atoms with E-state index in [4.69, 9.17) is 9.47 Å². The molecule has 0 spiro atoms. The summed E-state index contributed by atoms with van der Waals surface area (Å²) >= 11 is 0. The van der Waals surface area contributed by atoms with Crippen LogP contribution in [0.4, 0.5) is 0 Å². The maximum absolute atomic E-state index is 12.9. The Hall–Kier alpha value is -2.70. The summed E-state index contributed by atoms with van der Waals surface area (Å²) in [6, 6.07) is 13.8. The van der Waals surface area contributed by atoms with Gasteiger partial charge in [-0.1, -0.05) is 36.4 Å². The molecule has 3 rings (SSSR count). The van der Waals surface area contributed by atoms with E-state index in [2.05, 4.69) is 0 Å². The minimum Gasteiger partial charge on any atom is -0.478 e. The highest BCUT2D eigenvalue weighted by molar-refractivity contribution is 6.04. The molecule has 0 aromatic heterocycles. The van der Waals surface area contributed by atoms with Crippen molar-refractivity contribution in [2.24, 2.45) is 0 Å². The van der Waals surface area contributed by atoms with E-state index in [0.29, 0.717) is 43.0 Å². The molecule has 0 bridgehead atoms. The first-order chi connectivity index (χ1) is 12.6. The lowest BCUT2D eigenvalue weighted by atomic mass is 9.94. The third kappa shape index (κ3) is 3.76. The van der Waals surface area contributed by atoms with Crippen LogP contribution < -0.4 is 0 Å². The summed E-state index contributed by atoms with van der Waals surface area (Å²) < 4.78 is 10.5. The number of methoxy groups -OCH3 is 1. The Kier molecular flexibility index (Phi) is 5.65. The molecule has 1 amide bonds. The Balaban J connectivity index is 1.79. The molecule has 0 unspecified atom stereocenters. The van der Waals surface area contributed by atoms with Gasteiger partial charge in [0.15, 0.2) is 0 Å². The molecular weight excluding hydrogens is 334 g/mol. The first kappa shape index (κ1) is 18.1. The third-order valence-corrected chi connectivity index (χ3v) is 4.38. The second kappa shape index (κ2) is 8.12. The van der Waals surface area contributed by atoms with E-state index in [9.17, 15) is 14.7 Å². The Morgan fingerprint density at radius 2 is 1.58 bits per heavy atom. The number of carbonyl (C=O) groups excluding carboxylic acids is 1. The van der Waals surface area contributed by atoms with E-state index in [1.54, 1.807) is 60.5 Å². The molecule has 0 radical (unpaired) electrons. The fraction of sp³-hybridized carbons (Fsp3) is 0.300. The summed E-state index contributed by atoms with van der Waals surface area (Å²) in [4.78, 5) is 26.1. The molecular formula is C20H21NO5. The molecule has 1 saturated heterocycles. The van der Waals surface area contributed by atoms with Crippen LogP contribution in [0.5, 0.6) is 0 Å². The molecule has 26 heavy (non-hydrogen) atoms. The minimum absolute atomic E-state index is 0.0209. The highest BCUT2D eigenvalue weighted by Gasteiger charge is 2.33. The standard InChI is InChI=1S/C20H21NO5/c1-25-10-11-26-14-12-21(13-14)19(22)17-8-4-2-6-15(17)16-7-3-5-9-18(16)20(23)24/h2-9,14H,10-13H2,1H3,(H,23,24). The average Bonchev–Trinajstić information content (AvgIpc) is 2.63. The van der Waals surface area contributed by atoms with Crippen LogP contribution >= 0.6 is 0 Å². The summed E-state index contributed by atoms with van der Waals surface area (Å²) in [6.07, 6.45) is 0.0209. The Morgan fingerprint density at radius 1 is 1.00 bits per heavy atom. The lowest BCUT2D eigenvalue weighted by Gasteiger charge is -2.39. The van der Waals surface area contributed by atoms with Crippen LogP contribution in [0.2, 0.25) is 0 Å². The topological polar surface area (TPSA) is 76.1 Å². The number of amides is 1. The van der Waals surface area contributed by atoms with Crippen molar-refractivity contribution < 1.29 is 24.2 Å². The van der Waals surface area contributed by atoms with Gasteiger partial charge in [0.05, 0.1) is 24.9 Å². The van der Waals surface area contributed by atoms with Crippen molar-refractivity contribution in [2.75, 3.05) is 33.4 Å². The van der Waals surface area contributed by atoms with Crippen molar-refractivity contribution in [1.29, 1.82) is 0 Å². The van der Waals surface area contributed by atoms with Gasteiger partial charge in [0, 0.05) is 25.8 Å². The van der Waals surface area contributed by atoms with Crippen LogP contribution in [-0.2, 0) is 9.47 Å². The number of aromatic carboxylic acids is 1. The minimum atomic E-state index is -1.02. The fourth-order valence-corrected chi connectivity index (χ4v) is 2.99. The predicted octanol–water partition coefficient (Wildman–Crippen LogP) is 2.54. The van der Waals surface area contributed by atoms with Crippen LogP contribution in [0.25, 0.3) is 11.1 Å².